The predicted molar refractivity (Wildman–Crippen MR) is 210 cm³/mol. The van der Waals surface area contributed by atoms with Gasteiger partial charge in [-0.2, -0.15) is 26.3 Å². The number of Topliss-reactive ketones (excluding diaryl/α,β-unsaturated/α-hetero) is 1. The van der Waals surface area contributed by atoms with Crippen molar-refractivity contribution in [2.75, 3.05) is 26.7 Å². The lowest BCUT2D eigenvalue weighted by molar-refractivity contribution is -0.327. The van der Waals surface area contributed by atoms with Gasteiger partial charge in [0.2, 0.25) is 0 Å². The second-order valence-electron chi connectivity index (χ2n) is 16.5. The number of hydrogen-bond acceptors (Lipinski definition) is 4. The number of hydrogen-bond donors (Lipinski definition) is 0. The van der Waals surface area contributed by atoms with Crippen LogP contribution in [0.2, 0.25) is 26.2 Å². The van der Waals surface area contributed by atoms with Crippen LogP contribution in [0.3, 0.4) is 0 Å². The molecule has 0 atom stereocenters. The van der Waals surface area contributed by atoms with Crippen molar-refractivity contribution in [3.8, 4) is 11.1 Å². The molecule has 51 heavy (non-hydrogen) atoms. The van der Waals surface area contributed by atoms with Crippen molar-refractivity contribution in [3.05, 3.63) is 59.7 Å². The highest BCUT2D eigenvalue weighted by Crippen LogP contribution is 2.49. The van der Waals surface area contributed by atoms with E-state index >= 15 is 0 Å². The summed E-state index contributed by atoms with van der Waals surface area (Å²) in [4.78, 5) is 9.44. The Labute approximate surface area is 309 Å². The fourth-order valence-corrected chi connectivity index (χ4v) is 2.83. The molecule has 0 saturated carbocycles. The van der Waals surface area contributed by atoms with Crippen LogP contribution < -0.4 is 0 Å². The molecule has 1 aliphatic carbocycles. The van der Waals surface area contributed by atoms with Crippen LogP contribution in [-0.4, -0.2) is 61.4 Å². The lowest BCUT2D eigenvalue weighted by Gasteiger charge is -2.29. The van der Waals surface area contributed by atoms with Gasteiger partial charge in [-0.25, -0.2) is 8.42 Å². The van der Waals surface area contributed by atoms with Crippen LogP contribution in [0.25, 0.3) is 11.1 Å². The molecule has 4 nitrogen and oxygen atoms in total. The summed E-state index contributed by atoms with van der Waals surface area (Å²) in [5.41, 5.74) is 2.74. The molecule has 0 unspecified atom stereocenters. The number of fused-ring (bicyclic) bond motifs is 3. The zero-order chi connectivity index (χ0) is 42.5. The molecule has 0 aliphatic heterocycles. The number of rotatable bonds is 0. The van der Waals surface area contributed by atoms with Gasteiger partial charge < -0.3 is 9.53 Å². The minimum atomic E-state index is -5.24. The summed E-state index contributed by atoms with van der Waals surface area (Å²) in [5.74, 6) is 0.167. The van der Waals surface area contributed by atoms with E-state index in [9.17, 15) is 39.6 Å². The highest BCUT2D eigenvalue weighted by atomic mass is 32.2. The first-order chi connectivity index (χ1) is 22.3. The summed E-state index contributed by atoms with van der Waals surface area (Å²) in [5, 5.41) is 0. The SMILES string of the molecule is CC(C)(C(F)(F)F)C(F)(F)F.CC(C)(C)C.CC(C)=O.CC1(C)c2ccccc2-c2ccccc21.CCC.COC.CS(C)(=O)=O.C[Si](C)(C)C. The van der Waals surface area contributed by atoms with Gasteiger partial charge in [-0.1, -0.05) is 137 Å². The van der Waals surface area contributed by atoms with Gasteiger partial charge in [-0.15, -0.1) is 0 Å². The van der Waals surface area contributed by atoms with Crippen molar-refractivity contribution < 1.29 is 44.3 Å². The first kappa shape index (κ1) is 58.1. The van der Waals surface area contributed by atoms with E-state index in [2.05, 4.69) is 135 Å². The molecule has 0 radical (unpaired) electrons. The quantitative estimate of drug-likeness (QED) is 0.197. The van der Waals surface area contributed by atoms with Crippen molar-refractivity contribution >= 4 is 23.7 Å². The molecule has 0 amide bonds. The second-order valence-corrected chi connectivity index (χ2v) is 24.8. The van der Waals surface area contributed by atoms with Crippen LogP contribution in [0.1, 0.15) is 101 Å². The van der Waals surface area contributed by atoms with Crippen molar-refractivity contribution in [2.45, 2.75) is 133 Å². The number of benzene rings is 2. The Morgan fingerprint density at radius 3 is 0.980 bits per heavy atom. The topological polar surface area (TPSA) is 60.4 Å². The lowest BCUT2D eigenvalue weighted by Crippen LogP contribution is -2.44. The molecule has 0 spiro atoms. The summed E-state index contributed by atoms with van der Waals surface area (Å²) < 4.78 is 93.2. The van der Waals surface area contributed by atoms with E-state index in [1.165, 1.54) is 42.5 Å². The Balaban J connectivity index is -0.000000173. The summed E-state index contributed by atoms with van der Waals surface area (Å²) in [6.45, 7) is 30.2. The van der Waals surface area contributed by atoms with Crippen LogP contribution in [0.4, 0.5) is 26.3 Å². The Kier molecular flexibility index (Phi) is 28.4. The van der Waals surface area contributed by atoms with Crippen LogP contribution in [0.5, 0.6) is 0 Å². The van der Waals surface area contributed by atoms with Gasteiger partial charge in [0.15, 0.2) is 5.41 Å². The molecule has 0 saturated heterocycles. The largest absolute Gasteiger partial charge is 0.402 e. The third-order valence-electron chi connectivity index (χ3n) is 4.91. The number of sulfone groups is 1. The molecule has 0 heterocycles. The zero-order valence-electron chi connectivity index (χ0n) is 35.1. The molecule has 0 N–H and O–H groups in total. The molecule has 1 aliphatic rings. The van der Waals surface area contributed by atoms with E-state index in [-0.39, 0.29) is 25.0 Å². The number of halogens is 6. The van der Waals surface area contributed by atoms with Crippen molar-refractivity contribution in [1.82, 2.24) is 0 Å². The Hall–Kier alpha value is -2.18. The second kappa shape index (κ2) is 24.9. The first-order valence-electron chi connectivity index (χ1n) is 16.6. The maximum absolute atomic E-state index is 11.6. The van der Waals surface area contributed by atoms with Gasteiger partial charge in [0, 0.05) is 40.2 Å². The average Bonchev–Trinajstić information content (AvgIpc) is 3.08. The van der Waals surface area contributed by atoms with Gasteiger partial charge in [0.05, 0.1) is 0 Å². The minimum absolute atomic E-state index is 0.104. The minimum Gasteiger partial charge on any atom is -0.388 e. The van der Waals surface area contributed by atoms with Gasteiger partial charge >= 0.3 is 12.4 Å². The van der Waals surface area contributed by atoms with E-state index in [4.69, 9.17) is 0 Å². The van der Waals surface area contributed by atoms with Gasteiger partial charge in [0.1, 0.15) is 15.6 Å². The average molecular weight is 777 g/mol. The monoisotopic (exact) mass is 776 g/mol. The van der Waals surface area contributed by atoms with E-state index in [0.717, 1.165) is 12.5 Å². The van der Waals surface area contributed by atoms with E-state index in [0.29, 0.717) is 5.41 Å². The maximum Gasteiger partial charge on any atom is 0.402 e. The summed E-state index contributed by atoms with van der Waals surface area (Å²) >= 11 is 0. The van der Waals surface area contributed by atoms with Crippen LogP contribution >= 0.6 is 0 Å². The third-order valence-corrected chi connectivity index (χ3v) is 4.91. The molecule has 302 valence electrons. The molecule has 2 aromatic carbocycles. The molecule has 0 aromatic heterocycles. The molecule has 0 fully saturated rings. The molecule has 2 aromatic rings. The summed E-state index contributed by atoms with van der Waals surface area (Å²) in [7, 11) is -0.0278. The van der Waals surface area contributed by atoms with Crippen LogP contribution in [0, 0.1) is 10.8 Å². The Morgan fingerprint density at radius 1 is 0.686 bits per heavy atom. The fourth-order valence-electron chi connectivity index (χ4n) is 2.83. The number of ether oxygens (including phenoxy) is 1. The molecular weight excluding hydrogens is 707 g/mol. The number of methoxy groups -OCH3 is 1. The molecule has 12 heteroatoms. The molecular formula is C39H70F6O4SSi. The third kappa shape index (κ3) is 34.7. The fraction of sp³-hybridized carbons (Fsp3) is 0.667. The molecule has 0 bridgehead atoms. The van der Waals surface area contributed by atoms with Crippen molar-refractivity contribution in [2.24, 2.45) is 10.8 Å². The van der Waals surface area contributed by atoms with Crippen molar-refractivity contribution in [1.29, 1.82) is 0 Å². The van der Waals surface area contributed by atoms with Gasteiger partial charge in [-0.05, 0) is 55.4 Å². The standard InChI is InChI=1S/C15H14.C5H6F6.C5H12.C4H12Si.C3H6O.C3H8.C2H6O2S.C2H6O/c1-15(2)13-9-5-3-7-11(13)12-8-4-6-10-14(12)15;1-3(2,4(6,7)8)5(9,10)11;2*1-5(2,3)4;1-3(2)4;1-3-2;1-5(2,3)4;1-3-2/h3-10H,1-2H3;1-2H3;2*1-4H3;1-2H3;3H2,1-2H3;1-2H3;1-2H3. The Morgan fingerprint density at radius 2 is 0.843 bits per heavy atom. The van der Waals surface area contributed by atoms with Gasteiger partial charge in [-0.3, -0.25) is 0 Å². The lowest BCUT2D eigenvalue weighted by atomic mass is 9.82. The molecule has 3 rings (SSSR count). The van der Waals surface area contributed by atoms with E-state index in [1.807, 2.05) is 0 Å². The number of carbonyl (C=O) groups is 1. The Bertz CT molecular complexity index is 1220. The van der Waals surface area contributed by atoms with Crippen LogP contribution in [0.15, 0.2) is 48.5 Å². The number of ketones is 1. The highest BCUT2D eigenvalue weighted by molar-refractivity contribution is 7.89. The highest BCUT2D eigenvalue weighted by Gasteiger charge is 2.64. The van der Waals surface area contributed by atoms with E-state index in [1.54, 1.807) is 14.2 Å². The maximum atomic E-state index is 11.6. The first-order valence-corrected chi connectivity index (χ1v) is 22.9. The predicted octanol–water partition coefficient (Wildman–Crippen LogP) is 13.1. The summed E-state index contributed by atoms with van der Waals surface area (Å²) in [6, 6.07) is 17.4. The summed E-state index contributed by atoms with van der Waals surface area (Å²) in [6.07, 6.45) is -6.92. The van der Waals surface area contributed by atoms with Crippen LogP contribution in [-0.2, 0) is 24.8 Å². The van der Waals surface area contributed by atoms with E-state index < -0.39 is 35.7 Å². The number of carbonyl (C=O) groups excluding carboxylic acids is 1. The van der Waals surface area contributed by atoms with Crippen molar-refractivity contribution in [3.63, 3.8) is 0 Å². The zero-order valence-corrected chi connectivity index (χ0v) is 37.0. The van der Waals surface area contributed by atoms with Gasteiger partial charge in [0.25, 0.3) is 0 Å². The normalized spacial score (nSPS) is 12.7. The number of alkyl halides is 6. The smallest absolute Gasteiger partial charge is 0.388 e.